The van der Waals surface area contributed by atoms with Crippen LogP contribution in [-0.4, -0.2) is 46.1 Å². The number of methoxy groups -OCH3 is 2. The maximum Gasteiger partial charge on any atom is 0.126 e. The average molecular weight is 267 g/mol. The lowest BCUT2D eigenvalue weighted by atomic mass is 10.2. The van der Waals surface area contributed by atoms with E-state index in [1.165, 1.54) is 0 Å². The van der Waals surface area contributed by atoms with Crippen LogP contribution in [0.1, 0.15) is 6.92 Å². The second kappa shape index (κ2) is 6.63. The third kappa shape index (κ3) is 4.01. The molecular formula is C14H21NO4. The maximum absolute atomic E-state index is 5.74. The van der Waals surface area contributed by atoms with Crippen LogP contribution >= 0.6 is 0 Å². The summed E-state index contributed by atoms with van der Waals surface area (Å²) in [5, 5.41) is 3.36. The molecule has 0 aromatic heterocycles. The summed E-state index contributed by atoms with van der Waals surface area (Å²) in [5.41, 5.74) is 0. The molecule has 5 nitrogen and oxygen atoms in total. The van der Waals surface area contributed by atoms with Gasteiger partial charge in [-0.2, -0.15) is 0 Å². The number of benzene rings is 1. The highest BCUT2D eigenvalue weighted by Gasteiger charge is 2.18. The number of ether oxygens (including phenoxy) is 4. The van der Waals surface area contributed by atoms with Crippen LogP contribution in [0.5, 0.6) is 17.2 Å². The first-order valence-electron chi connectivity index (χ1n) is 6.42. The molecular weight excluding hydrogens is 246 g/mol. The highest BCUT2D eigenvalue weighted by atomic mass is 16.5. The minimum Gasteiger partial charge on any atom is -0.496 e. The SMILES string of the molecule is COc1cc(OC)cc(OCC2CNC(C)CO2)c1. The summed E-state index contributed by atoms with van der Waals surface area (Å²) in [6, 6.07) is 5.89. The second-order valence-electron chi connectivity index (χ2n) is 4.62. The van der Waals surface area contributed by atoms with Crippen LogP contribution in [0, 0.1) is 0 Å². The molecule has 0 amide bonds. The normalized spacial score (nSPS) is 22.9. The summed E-state index contributed by atoms with van der Waals surface area (Å²) in [7, 11) is 3.24. The molecule has 0 radical (unpaired) electrons. The summed E-state index contributed by atoms with van der Waals surface area (Å²) in [6.07, 6.45) is 0.0772. The Morgan fingerprint density at radius 3 is 2.32 bits per heavy atom. The van der Waals surface area contributed by atoms with Gasteiger partial charge in [0, 0.05) is 30.8 Å². The Kier molecular flexibility index (Phi) is 4.87. The summed E-state index contributed by atoms with van der Waals surface area (Å²) in [5.74, 6) is 2.15. The van der Waals surface area contributed by atoms with E-state index >= 15 is 0 Å². The van der Waals surface area contributed by atoms with Gasteiger partial charge in [0.15, 0.2) is 0 Å². The van der Waals surface area contributed by atoms with E-state index in [0.717, 1.165) is 18.9 Å². The zero-order chi connectivity index (χ0) is 13.7. The molecule has 0 spiro atoms. The fraction of sp³-hybridized carbons (Fsp3) is 0.571. The monoisotopic (exact) mass is 267 g/mol. The van der Waals surface area contributed by atoms with E-state index in [1.807, 2.05) is 18.2 Å². The summed E-state index contributed by atoms with van der Waals surface area (Å²) in [4.78, 5) is 0. The van der Waals surface area contributed by atoms with Crippen LogP contribution in [0.2, 0.25) is 0 Å². The molecule has 2 atom stereocenters. The molecule has 1 aromatic rings. The van der Waals surface area contributed by atoms with Crippen molar-refractivity contribution in [1.29, 1.82) is 0 Å². The van der Waals surface area contributed by atoms with Crippen molar-refractivity contribution in [3.63, 3.8) is 0 Å². The van der Waals surface area contributed by atoms with E-state index in [1.54, 1.807) is 14.2 Å². The first-order chi connectivity index (χ1) is 9.21. The van der Waals surface area contributed by atoms with Crippen LogP contribution in [-0.2, 0) is 4.74 Å². The Morgan fingerprint density at radius 1 is 1.16 bits per heavy atom. The predicted molar refractivity (Wildman–Crippen MR) is 72.2 cm³/mol. The molecule has 0 aliphatic carbocycles. The van der Waals surface area contributed by atoms with Crippen molar-refractivity contribution in [2.24, 2.45) is 0 Å². The Morgan fingerprint density at radius 2 is 1.79 bits per heavy atom. The largest absolute Gasteiger partial charge is 0.496 e. The maximum atomic E-state index is 5.74. The Balaban J connectivity index is 1.91. The lowest BCUT2D eigenvalue weighted by molar-refractivity contribution is -0.0166. The number of rotatable bonds is 5. The van der Waals surface area contributed by atoms with Gasteiger partial charge in [0.2, 0.25) is 0 Å². The zero-order valence-corrected chi connectivity index (χ0v) is 11.6. The van der Waals surface area contributed by atoms with Crippen LogP contribution in [0.25, 0.3) is 0 Å². The van der Waals surface area contributed by atoms with Crippen LogP contribution in [0.15, 0.2) is 18.2 Å². The second-order valence-corrected chi connectivity index (χ2v) is 4.62. The molecule has 1 saturated heterocycles. The van der Waals surface area contributed by atoms with Gasteiger partial charge in [-0.15, -0.1) is 0 Å². The van der Waals surface area contributed by atoms with Crippen molar-refractivity contribution in [2.45, 2.75) is 19.1 Å². The van der Waals surface area contributed by atoms with E-state index in [-0.39, 0.29) is 6.10 Å². The molecule has 0 bridgehead atoms. The van der Waals surface area contributed by atoms with Gasteiger partial charge in [-0.1, -0.05) is 0 Å². The molecule has 2 rings (SSSR count). The first-order valence-corrected chi connectivity index (χ1v) is 6.42. The van der Waals surface area contributed by atoms with Gasteiger partial charge >= 0.3 is 0 Å². The Labute approximate surface area is 113 Å². The molecule has 1 N–H and O–H groups in total. The van der Waals surface area contributed by atoms with Crippen molar-refractivity contribution in [3.05, 3.63) is 18.2 Å². The molecule has 1 fully saturated rings. The number of morpholine rings is 1. The number of nitrogens with one attached hydrogen (secondary N) is 1. The quantitative estimate of drug-likeness (QED) is 0.875. The van der Waals surface area contributed by atoms with Gasteiger partial charge in [0.05, 0.1) is 20.8 Å². The number of hydrogen-bond acceptors (Lipinski definition) is 5. The van der Waals surface area contributed by atoms with Gasteiger partial charge in [-0.25, -0.2) is 0 Å². The van der Waals surface area contributed by atoms with Crippen molar-refractivity contribution < 1.29 is 18.9 Å². The molecule has 5 heteroatoms. The molecule has 106 valence electrons. The molecule has 1 aliphatic rings. The van der Waals surface area contributed by atoms with Crippen molar-refractivity contribution in [1.82, 2.24) is 5.32 Å². The van der Waals surface area contributed by atoms with Crippen molar-refractivity contribution >= 4 is 0 Å². The van der Waals surface area contributed by atoms with Gasteiger partial charge in [-0.3, -0.25) is 0 Å². The van der Waals surface area contributed by atoms with E-state index in [4.69, 9.17) is 18.9 Å². The first kappa shape index (κ1) is 14.0. The molecule has 1 aliphatic heterocycles. The fourth-order valence-electron chi connectivity index (χ4n) is 1.89. The van der Waals surface area contributed by atoms with E-state index < -0.39 is 0 Å². The Bertz CT molecular complexity index is 380. The highest BCUT2D eigenvalue weighted by Crippen LogP contribution is 2.27. The predicted octanol–water partition coefficient (Wildman–Crippen LogP) is 1.46. The average Bonchev–Trinajstić information content (AvgIpc) is 2.46. The van der Waals surface area contributed by atoms with Gasteiger partial charge in [0.25, 0.3) is 0 Å². The van der Waals surface area contributed by atoms with E-state index in [9.17, 15) is 0 Å². The minimum atomic E-state index is 0.0772. The third-order valence-electron chi connectivity index (χ3n) is 3.04. The van der Waals surface area contributed by atoms with E-state index in [0.29, 0.717) is 24.1 Å². The van der Waals surface area contributed by atoms with Crippen molar-refractivity contribution in [3.8, 4) is 17.2 Å². The van der Waals surface area contributed by atoms with Crippen molar-refractivity contribution in [2.75, 3.05) is 34.0 Å². The molecule has 0 saturated carbocycles. The van der Waals surface area contributed by atoms with Gasteiger partial charge in [0.1, 0.15) is 30.0 Å². The lowest BCUT2D eigenvalue weighted by Crippen LogP contribution is -2.46. The molecule has 2 unspecified atom stereocenters. The van der Waals surface area contributed by atoms with Crippen LogP contribution in [0.4, 0.5) is 0 Å². The lowest BCUT2D eigenvalue weighted by Gasteiger charge is -2.28. The topological polar surface area (TPSA) is 49.0 Å². The van der Waals surface area contributed by atoms with Gasteiger partial charge < -0.3 is 24.3 Å². The zero-order valence-electron chi connectivity index (χ0n) is 11.6. The van der Waals surface area contributed by atoms with Gasteiger partial charge in [-0.05, 0) is 6.92 Å². The smallest absolute Gasteiger partial charge is 0.126 e. The summed E-state index contributed by atoms with van der Waals surface area (Å²) in [6.45, 7) is 4.14. The summed E-state index contributed by atoms with van der Waals surface area (Å²) >= 11 is 0. The van der Waals surface area contributed by atoms with E-state index in [2.05, 4.69) is 12.2 Å². The Hall–Kier alpha value is -1.46. The van der Waals surface area contributed by atoms with Crippen LogP contribution < -0.4 is 19.5 Å². The minimum absolute atomic E-state index is 0.0772. The molecule has 19 heavy (non-hydrogen) atoms. The molecule has 1 aromatic carbocycles. The van der Waals surface area contributed by atoms with Crippen LogP contribution in [0.3, 0.4) is 0 Å². The fourth-order valence-corrected chi connectivity index (χ4v) is 1.89. The number of hydrogen-bond donors (Lipinski definition) is 1. The highest BCUT2D eigenvalue weighted by molar-refractivity contribution is 5.41. The standard InChI is InChI=1S/C14H21NO4/c1-10-8-18-14(7-15-10)9-19-13-5-11(16-2)4-12(6-13)17-3/h4-6,10,14-15H,7-9H2,1-3H3. The third-order valence-corrected chi connectivity index (χ3v) is 3.04. The summed E-state index contributed by atoms with van der Waals surface area (Å²) < 4.78 is 21.8. The molecule has 1 heterocycles.